The minimum atomic E-state index is 0.331. The average Bonchev–Trinajstić information content (AvgIpc) is 2.40. The molecule has 0 unspecified atom stereocenters. The normalized spacial score (nSPS) is 10.5. The standard InChI is InChI=1S/C16H22N4O/c1-5-21-14-8-6-13(7-9-14)19-16-18-12(4)10-15(20-16)17-11(2)3/h6-11H,5H2,1-4H3,(H2,17,18,19,20). The van der Waals surface area contributed by atoms with Gasteiger partial charge in [-0.25, -0.2) is 4.98 Å². The highest BCUT2D eigenvalue weighted by atomic mass is 16.5. The van der Waals surface area contributed by atoms with Crippen molar-refractivity contribution in [2.24, 2.45) is 0 Å². The van der Waals surface area contributed by atoms with Crippen LogP contribution >= 0.6 is 0 Å². The van der Waals surface area contributed by atoms with E-state index in [0.717, 1.165) is 22.9 Å². The van der Waals surface area contributed by atoms with Crippen molar-refractivity contribution in [1.82, 2.24) is 9.97 Å². The number of rotatable bonds is 6. The number of aryl methyl sites for hydroxylation is 1. The van der Waals surface area contributed by atoms with E-state index in [9.17, 15) is 0 Å². The molecule has 0 atom stereocenters. The zero-order valence-corrected chi connectivity index (χ0v) is 13.0. The van der Waals surface area contributed by atoms with Gasteiger partial charge in [0.05, 0.1) is 6.61 Å². The highest BCUT2D eigenvalue weighted by molar-refractivity contribution is 5.56. The molecule has 0 saturated heterocycles. The minimum Gasteiger partial charge on any atom is -0.494 e. The van der Waals surface area contributed by atoms with Gasteiger partial charge in [-0.1, -0.05) is 0 Å². The molecule has 2 rings (SSSR count). The van der Waals surface area contributed by atoms with Gasteiger partial charge in [0.1, 0.15) is 11.6 Å². The number of anilines is 3. The number of ether oxygens (including phenoxy) is 1. The first-order valence-corrected chi connectivity index (χ1v) is 7.19. The third kappa shape index (κ3) is 4.63. The molecule has 2 aromatic rings. The average molecular weight is 286 g/mol. The monoisotopic (exact) mass is 286 g/mol. The van der Waals surface area contributed by atoms with Crippen LogP contribution in [0, 0.1) is 6.92 Å². The highest BCUT2D eigenvalue weighted by Crippen LogP contribution is 2.19. The molecule has 0 aliphatic carbocycles. The fourth-order valence-electron chi connectivity index (χ4n) is 1.92. The van der Waals surface area contributed by atoms with Crippen LogP contribution in [-0.2, 0) is 0 Å². The fraction of sp³-hybridized carbons (Fsp3) is 0.375. The van der Waals surface area contributed by atoms with E-state index in [1.54, 1.807) is 0 Å². The topological polar surface area (TPSA) is 59.1 Å². The summed E-state index contributed by atoms with van der Waals surface area (Å²) in [5, 5.41) is 6.50. The second-order valence-corrected chi connectivity index (χ2v) is 5.10. The largest absolute Gasteiger partial charge is 0.494 e. The van der Waals surface area contributed by atoms with Gasteiger partial charge in [-0.3, -0.25) is 0 Å². The van der Waals surface area contributed by atoms with E-state index in [1.807, 2.05) is 44.2 Å². The molecule has 1 aromatic heterocycles. The predicted octanol–water partition coefficient (Wildman–Crippen LogP) is 3.75. The predicted molar refractivity (Wildman–Crippen MR) is 86.4 cm³/mol. The third-order valence-electron chi connectivity index (χ3n) is 2.71. The first-order valence-electron chi connectivity index (χ1n) is 7.19. The summed E-state index contributed by atoms with van der Waals surface area (Å²) in [5.74, 6) is 2.27. The SMILES string of the molecule is CCOc1ccc(Nc2nc(C)cc(NC(C)C)n2)cc1. The molecule has 1 heterocycles. The number of nitrogens with zero attached hydrogens (tertiary/aromatic N) is 2. The molecule has 21 heavy (non-hydrogen) atoms. The quantitative estimate of drug-likeness (QED) is 0.847. The van der Waals surface area contributed by atoms with Crippen LogP contribution in [-0.4, -0.2) is 22.6 Å². The van der Waals surface area contributed by atoms with Crippen LogP contribution in [0.15, 0.2) is 30.3 Å². The summed E-state index contributed by atoms with van der Waals surface area (Å²) >= 11 is 0. The maximum atomic E-state index is 5.42. The zero-order chi connectivity index (χ0) is 15.2. The third-order valence-corrected chi connectivity index (χ3v) is 2.71. The maximum Gasteiger partial charge on any atom is 0.229 e. The summed E-state index contributed by atoms with van der Waals surface area (Å²) in [6.45, 7) is 8.75. The molecule has 0 saturated carbocycles. The van der Waals surface area contributed by atoms with Crippen LogP contribution in [0.2, 0.25) is 0 Å². The Kier molecular flexibility index (Phi) is 4.98. The Morgan fingerprint density at radius 2 is 1.86 bits per heavy atom. The lowest BCUT2D eigenvalue weighted by Gasteiger charge is -2.12. The van der Waals surface area contributed by atoms with Crippen LogP contribution < -0.4 is 15.4 Å². The van der Waals surface area contributed by atoms with Gasteiger partial charge >= 0.3 is 0 Å². The van der Waals surface area contributed by atoms with Crippen molar-refractivity contribution >= 4 is 17.5 Å². The first kappa shape index (κ1) is 15.1. The molecule has 0 spiro atoms. The fourth-order valence-corrected chi connectivity index (χ4v) is 1.92. The molecule has 0 aliphatic heterocycles. The van der Waals surface area contributed by atoms with E-state index >= 15 is 0 Å². The summed E-state index contributed by atoms with van der Waals surface area (Å²) in [6.07, 6.45) is 0. The summed E-state index contributed by atoms with van der Waals surface area (Å²) in [4.78, 5) is 8.86. The molecule has 1 aromatic carbocycles. The Balaban J connectivity index is 2.12. The minimum absolute atomic E-state index is 0.331. The van der Waals surface area contributed by atoms with Crippen LogP contribution in [0.5, 0.6) is 5.75 Å². The van der Waals surface area contributed by atoms with Crippen molar-refractivity contribution in [3.05, 3.63) is 36.0 Å². The lowest BCUT2D eigenvalue weighted by atomic mass is 10.3. The second-order valence-electron chi connectivity index (χ2n) is 5.10. The van der Waals surface area contributed by atoms with Gasteiger partial charge in [-0.2, -0.15) is 4.98 Å². The Morgan fingerprint density at radius 3 is 2.48 bits per heavy atom. The van der Waals surface area contributed by atoms with E-state index in [2.05, 4.69) is 34.4 Å². The van der Waals surface area contributed by atoms with Crippen molar-refractivity contribution in [2.45, 2.75) is 33.7 Å². The molecule has 0 bridgehead atoms. The van der Waals surface area contributed by atoms with Crippen LogP contribution in [0.3, 0.4) is 0 Å². The zero-order valence-electron chi connectivity index (χ0n) is 13.0. The Hall–Kier alpha value is -2.30. The van der Waals surface area contributed by atoms with E-state index in [0.29, 0.717) is 18.6 Å². The van der Waals surface area contributed by atoms with Gasteiger partial charge in [-0.15, -0.1) is 0 Å². The molecule has 0 amide bonds. The van der Waals surface area contributed by atoms with Gasteiger partial charge in [0.25, 0.3) is 0 Å². The molecule has 2 N–H and O–H groups in total. The van der Waals surface area contributed by atoms with Gasteiger partial charge in [0.15, 0.2) is 0 Å². The molecule has 0 fully saturated rings. The lowest BCUT2D eigenvalue weighted by Crippen LogP contribution is -2.12. The van der Waals surface area contributed by atoms with E-state index < -0.39 is 0 Å². The summed E-state index contributed by atoms with van der Waals surface area (Å²) in [7, 11) is 0. The number of benzene rings is 1. The molecule has 5 nitrogen and oxygen atoms in total. The van der Waals surface area contributed by atoms with Gasteiger partial charge in [0, 0.05) is 23.5 Å². The van der Waals surface area contributed by atoms with Crippen molar-refractivity contribution in [1.29, 1.82) is 0 Å². The smallest absolute Gasteiger partial charge is 0.229 e. The first-order chi connectivity index (χ1) is 10.1. The Morgan fingerprint density at radius 1 is 1.14 bits per heavy atom. The van der Waals surface area contributed by atoms with E-state index in [4.69, 9.17) is 4.74 Å². The van der Waals surface area contributed by atoms with Gasteiger partial charge in [0.2, 0.25) is 5.95 Å². The number of nitrogens with one attached hydrogen (secondary N) is 2. The number of hydrogen-bond acceptors (Lipinski definition) is 5. The molecule has 112 valence electrons. The molecular weight excluding hydrogens is 264 g/mol. The van der Waals surface area contributed by atoms with Gasteiger partial charge in [-0.05, 0) is 52.0 Å². The van der Waals surface area contributed by atoms with Crippen molar-refractivity contribution in [3.8, 4) is 5.75 Å². The van der Waals surface area contributed by atoms with Crippen LogP contribution in [0.25, 0.3) is 0 Å². The number of hydrogen-bond donors (Lipinski definition) is 2. The summed E-state index contributed by atoms with van der Waals surface area (Å²) in [5.41, 5.74) is 1.85. The number of aromatic nitrogens is 2. The van der Waals surface area contributed by atoms with Crippen LogP contribution in [0.1, 0.15) is 26.5 Å². The Labute approximate surface area is 125 Å². The lowest BCUT2D eigenvalue weighted by molar-refractivity contribution is 0.340. The van der Waals surface area contributed by atoms with Crippen molar-refractivity contribution in [2.75, 3.05) is 17.2 Å². The van der Waals surface area contributed by atoms with E-state index in [1.165, 1.54) is 0 Å². The molecule has 0 radical (unpaired) electrons. The Bertz CT molecular complexity index is 581. The summed E-state index contributed by atoms with van der Waals surface area (Å²) in [6, 6.07) is 10.0. The second kappa shape index (κ2) is 6.92. The van der Waals surface area contributed by atoms with Crippen molar-refractivity contribution in [3.63, 3.8) is 0 Å². The van der Waals surface area contributed by atoms with Gasteiger partial charge < -0.3 is 15.4 Å². The molecular formula is C16H22N4O. The maximum absolute atomic E-state index is 5.42. The van der Waals surface area contributed by atoms with Crippen molar-refractivity contribution < 1.29 is 4.74 Å². The molecule has 0 aliphatic rings. The summed E-state index contributed by atoms with van der Waals surface area (Å²) < 4.78 is 5.42. The van der Waals surface area contributed by atoms with Crippen LogP contribution in [0.4, 0.5) is 17.5 Å². The highest BCUT2D eigenvalue weighted by Gasteiger charge is 2.04. The van der Waals surface area contributed by atoms with E-state index in [-0.39, 0.29) is 0 Å². The molecule has 5 heteroatoms.